The first-order valence-corrected chi connectivity index (χ1v) is 7.53. The molecule has 122 valence electrons. The molecule has 0 aliphatic heterocycles. The Bertz CT molecular complexity index is 685. The first-order chi connectivity index (χ1) is 10.8. The van der Waals surface area contributed by atoms with Crippen LogP contribution in [0.5, 0.6) is 0 Å². The van der Waals surface area contributed by atoms with Crippen LogP contribution in [-0.2, 0) is 9.53 Å². The van der Waals surface area contributed by atoms with Crippen LogP contribution in [-0.4, -0.2) is 28.1 Å². The number of carbonyl (C=O) groups is 2. The molecule has 1 aromatic heterocycles. The summed E-state index contributed by atoms with van der Waals surface area (Å²) in [6.45, 7) is 7.19. The number of esters is 1. The molecule has 0 saturated heterocycles. The molecule has 5 nitrogen and oxygen atoms in total. The van der Waals surface area contributed by atoms with Gasteiger partial charge >= 0.3 is 5.97 Å². The maximum atomic E-state index is 12.2. The molecule has 1 heterocycles. The molecule has 0 saturated carbocycles. The Balaban J connectivity index is 2.06. The van der Waals surface area contributed by atoms with Crippen molar-refractivity contribution in [2.75, 3.05) is 0 Å². The highest BCUT2D eigenvalue weighted by atomic mass is 16.5. The summed E-state index contributed by atoms with van der Waals surface area (Å²) >= 11 is 0. The fourth-order valence-electron chi connectivity index (χ4n) is 2.05. The topological polar surface area (TPSA) is 60.3 Å². The van der Waals surface area contributed by atoms with Gasteiger partial charge in [-0.15, -0.1) is 0 Å². The van der Waals surface area contributed by atoms with E-state index in [-0.39, 0.29) is 11.4 Å². The minimum atomic E-state index is -0.850. The Morgan fingerprint density at radius 2 is 1.78 bits per heavy atom. The lowest BCUT2D eigenvalue weighted by Gasteiger charge is -2.23. The van der Waals surface area contributed by atoms with Gasteiger partial charge in [-0.3, -0.25) is 4.79 Å². The average Bonchev–Trinajstić information content (AvgIpc) is 2.99. The van der Waals surface area contributed by atoms with Crippen molar-refractivity contribution in [3.63, 3.8) is 0 Å². The molecule has 5 heteroatoms. The highest BCUT2D eigenvalue weighted by Crippen LogP contribution is 2.13. The number of hydrogen-bond acceptors (Lipinski definition) is 3. The summed E-state index contributed by atoms with van der Waals surface area (Å²) in [5.74, 6) is -0.831. The second kappa shape index (κ2) is 6.69. The van der Waals surface area contributed by atoms with Crippen molar-refractivity contribution in [2.24, 2.45) is 0 Å². The number of amides is 1. The van der Waals surface area contributed by atoms with E-state index in [0.717, 1.165) is 5.69 Å². The minimum Gasteiger partial charge on any atom is -0.449 e. The number of ether oxygens (including phenoxy) is 1. The summed E-state index contributed by atoms with van der Waals surface area (Å²) < 4.78 is 7.15. The largest absolute Gasteiger partial charge is 0.449 e. The monoisotopic (exact) mass is 314 g/mol. The normalized spacial score (nSPS) is 12.5. The zero-order chi connectivity index (χ0) is 17.0. The molecule has 1 amide bonds. The van der Waals surface area contributed by atoms with Crippen LogP contribution in [0.2, 0.25) is 0 Å². The van der Waals surface area contributed by atoms with Crippen LogP contribution in [0.3, 0.4) is 0 Å². The number of hydrogen-bond donors (Lipinski definition) is 1. The maximum Gasteiger partial charge on any atom is 0.338 e. The highest BCUT2D eigenvalue weighted by molar-refractivity contribution is 5.92. The summed E-state index contributed by atoms with van der Waals surface area (Å²) in [6, 6.07) is 10.9. The van der Waals surface area contributed by atoms with E-state index in [1.807, 2.05) is 55.9 Å². The predicted octanol–water partition coefficient (Wildman–Crippen LogP) is 2.94. The SMILES string of the molecule is C[C@@H](OC(=O)c1cccc(-n2cccc2)c1)C(=O)NC(C)(C)C. The molecule has 0 fully saturated rings. The zero-order valence-corrected chi connectivity index (χ0v) is 13.9. The number of nitrogens with zero attached hydrogens (tertiary/aromatic N) is 1. The minimum absolute atomic E-state index is 0.313. The molecule has 0 aliphatic rings. The molecular weight excluding hydrogens is 292 g/mol. The van der Waals surface area contributed by atoms with E-state index in [0.29, 0.717) is 5.56 Å². The zero-order valence-electron chi connectivity index (χ0n) is 13.9. The van der Waals surface area contributed by atoms with Gasteiger partial charge < -0.3 is 14.6 Å². The van der Waals surface area contributed by atoms with Crippen molar-refractivity contribution < 1.29 is 14.3 Å². The summed E-state index contributed by atoms with van der Waals surface area (Å²) in [5, 5.41) is 2.79. The smallest absolute Gasteiger partial charge is 0.338 e. The van der Waals surface area contributed by atoms with Crippen molar-refractivity contribution in [3.8, 4) is 5.69 Å². The van der Waals surface area contributed by atoms with Gasteiger partial charge in [-0.1, -0.05) is 6.07 Å². The van der Waals surface area contributed by atoms with E-state index in [2.05, 4.69) is 5.32 Å². The molecule has 0 aliphatic carbocycles. The van der Waals surface area contributed by atoms with Crippen LogP contribution in [0.25, 0.3) is 5.69 Å². The van der Waals surface area contributed by atoms with E-state index >= 15 is 0 Å². The number of nitrogens with one attached hydrogen (secondary N) is 1. The Morgan fingerprint density at radius 1 is 1.13 bits per heavy atom. The standard InChI is InChI=1S/C18H22N2O3/c1-13(16(21)19-18(2,3)4)23-17(22)14-8-7-9-15(12-14)20-10-5-6-11-20/h5-13H,1-4H3,(H,19,21)/t13-/m1/s1. The van der Waals surface area contributed by atoms with Crippen molar-refractivity contribution in [1.29, 1.82) is 0 Å². The second-order valence-corrected chi connectivity index (χ2v) is 6.43. The maximum absolute atomic E-state index is 12.2. The van der Waals surface area contributed by atoms with Gasteiger partial charge in [0.2, 0.25) is 0 Å². The van der Waals surface area contributed by atoms with Crippen LogP contribution in [0.15, 0.2) is 48.8 Å². The third-order valence-electron chi connectivity index (χ3n) is 3.14. The summed E-state index contributed by atoms with van der Waals surface area (Å²) in [4.78, 5) is 24.2. The Hall–Kier alpha value is -2.56. The van der Waals surface area contributed by atoms with Crippen molar-refractivity contribution >= 4 is 11.9 Å². The van der Waals surface area contributed by atoms with Crippen LogP contribution in [0.1, 0.15) is 38.1 Å². The summed E-state index contributed by atoms with van der Waals surface area (Å²) in [7, 11) is 0. The van der Waals surface area contributed by atoms with Crippen LogP contribution in [0.4, 0.5) is 0 Å². The number of carbonyl (C=O) groups excluding carboxylic acids is 2. The van der Waals surface area contributed by atoms with E-state index in [1.54, 1.807) is 25.1 Å². The van der Waals surface area contributed by atoms with Gasteiger partial charge in [0.15, 0.2) is 6.10 Å². The van der Waals surface area contributed by atoms with Gasteiger partial charge in [0.05, 0.1) is 5.56 Å². The molecule has 2 aromatic rings. The molecule has 0 spiro atoms. The quantitative estimate of drug-likeness (QED) is 0.883. The Kier molecular flexibility index (Phi) is 4.89. The van der Waals surface area contributed by atoms with Gasteiger partial charge in [0, 0.05) is 23.6 Å². The molecule has 0 bridgehead atoms. The molecule has 1 aromatic carbocycles. The molecule has 1 atom stereocenters. The highest BCUT2D eigenvalue weighted by Gasteiger charge is 2.23. The lowest BCUT2D eigenvalue weighted by atomic mass is 10.1. The summed E-state index contributed by atoms with van der Waals surface area (Å²) in [6.07, 6.45) is 2.94. The summed E-state index contributed by atoms with van der Waals surface area (Å²) in [5.41, 5.74) is 0.898. The third kappa shape index (κ3) is 4.71. The molecule has 2 rings (SSSR count). The number of aromatic nitrogens is 1. The second-order valence-electron chi connectivity index (χ2n) is 6.43. The van der Waals surface area contributed by atoms with Gasteiger partial charge in [-0.25, -0.2) is 4.79 Å². The van der Waals surface area contributed by atoms with Gasteiger partial charge in [0.25, 0.3) is 5.91 Å². The van der Waals surface area contributed by atoms with E-state index in [9.17, 15) is 9.59 Å². The fraction of sp³-hybridized carbons (Fsp3) is 0.333. The fourth-order valence-corrected chi connectivity index (χ4v) is 2.05. The molecule has 0 radical (unpaired) electrons. The molecule has 1 N–H and O–H groups in total. The van der Waals surface area contributed by atoms with Crippen LogP contribution < -0.4 is 5.32 Å². The molecular formula is C18H22N2O3. The Labute approximate surface area is 136 Å². The number of benzene rings is 1. The molecule has 0 unspecified atom stereocenters. The Morgan fingerprint density at radius 3 is 2.39 bits per heavy atom. The van der Waals surface area contributed by atoms with Crippen molar-refractivity contribution in [1.82, 2.24) is 9.88 Å². The lowest BCUT2D eigenvalue weighted by molar-refractivity contribution is -0.130. The van der Waals surface area contributed by atoms with Gasteiger partial charge in [-0.2, -0.15) is 0 Å². The van der Waals surface area contributed by atoms with E-state index in [1.165, 1.54) is 0 Å². The first-order valence-electron chi connectivity index (χ1n) is 7.53. The van der Waals surface area contributed by atoms with Gasteiger partial charge in [-0.05, 0) is 58.0 Å². The third-order valence-corrected chi connectivity index (χ3v) is 3.14. The van der Waals surface area contributed by atoms with E-state index in [4.69, 9.17) is 4.74 Å². The van der Waals surface area contributed by atoms with E-state index < -0.39 is 12.1 Å². The number of rotatable bonds is 4. The van der Waals surface area contributed by atoms with Crippen molar-refractivity contribution in [3.05, 3.63) is 54.4 Å². The average molecular weight is 314 g/mol. The molecule has 23 heavy (non-hydrogen) atoms. The lowest BCUT2D eigenvalue weighted by Crippen LogP contribution is -2.46. The first kappa shape index (κ1) is 16.8. The van der Waals surface area contributed by atoms with Crippen LogP contribution >= 0.6 is 0 Å². The van der Waals surface area contributed by atoms with Crippen molar-refractivity contribution in [2.45, 2.75) is 39.3 Å². The van der Waals surface area contributed by atoms with Crippen LogP contribution in [0, 0.1) is 0 Å². The van der Waals surface area contributed by atoms with Gasteiger partial charge in [0.1, 0.15) is 0 Å². The predicted molar refractivity (Wildman–Crippen MR) is 88.5 cm³/mol.